The SMILES string of the molecule is O=c1[nH]c(=O)c2ccccc2c(=O)[nH]1. The van der Waals surface area contributed by atoms with E-state index in [0.29, 0.717) is 0 Å². The quantitative estimate of drug-likeness (QED) is 0.591. The minimum atomic E-state index is -0.795. The lowest BCUT2D eigenvalue weighted by molar-refractivity contribution is 1.07. The number of nitrogens with one attached hydrogen (secondary N) is 2. The van der Waals surface area contributed by atoms with Gasteiger partial charge in [-0.05, 0) is 12.1 Å². The molecule has 2 aromatic rings. The average molecular weight is 190 g/mol. The summed E-state index contributed by atoms with van der Waals surface area (Å²) in [5.41, 5.74) is -1.93. The minimum Gasteiger partial charge on any atom is -0.274 e. The smallest absolute Gasteiger partial charge is 0.274 e. The molecule has 0 saturated carbocycles. The van der Waals surface area contributed by atoms with Gasteiger partial charge in [0.1, 0.15) is 0 Å². The van der Waals surface area contributed by atoms with Gasteiger partial charge >= 0.3 is 5.69 Å². The highest BCUT2D eigenvalue weighted by Crippen LogP contribution is 1.99. The van der Waals surface area contributed by atoms with E-state index < -0.39 is 16.8 Å². The van der Waals surface area contributed by atoms with Crippen LogP contribution in [0.3, 0.4) is 0 Å². The standard InChI is InChI=1S/C9H6N2O3/c12-7-5-3-1-2-4-6(5)8(13)11-9(14)10-7/h1-4H,(H2,10,11,12,13,14). The van der Waals surface area contributed by atoms with Crippen molar-refractivity contribution in [3.63, 3.8) is 0 Å². The molecule has 0 fully saturated rings. The van der Waals surface area contributed by atoms with Gasteiger partial charge in [0.2, 0.25) is 0 Å². The molecule has 0 bridgehead atoms. The maximum absolute atomic E-state index is 11.3. The van der Waals surface area contributed by atoms with Crippen LogP contribution in [0.1, 0.15) is 0 Å². The third-order valence-electron chi connectivity index (χ3n) is 1.87. The largest absolute Gasteiger partial charge is 0.328 e. The molecule has 1 aromatic carbocycles. The highest BCUT2D eigenvalue weighted by Gasteiger charge is 1.99. The normalized spacial score (nSPS) is 10.3. The van der Waals surface area contributed by atoms with Crippen LogP contribution in [0.4, 0.5) is 0 Å². The van der Waals surface area contributed by atoms with E-state index in [9.17, 15) is 14.4 Å². The number of aromatic amines is 2. The summed E-state index contributed by atoms with van der Waals surface area (Å²) >= 11 is 0. The molecule has 0 unspecified atom stereocenters. The second kappa shape index (κ2) is 2.95. The Morgan fingerprint density at radius 1 is 0.786 bits per heavy atom. The Balaban J connectivity index is 3.26. The second-order valence-corrected chi connectivity index (χ2v) is 2.78. The number of H-pyrrole nitrogens is 2. The molecule has 1 aromatic heterocycles. The highest BCUT2D eigenvalue weighted by atomic mass is 16.2. The van der Waals surface area contributed by atoms with E-state index in [1.807, 2.05) is 9.97 Å². The van der Waals surface area contributed by atoms with Gasteiger partial charge in [-0.1, -0.05) is 12.1 Å². The minimum absolute atomic E-state index is 0.204. The molecule has 0 aliphatic carbocycles. The molecule has 1 heterocycles. The molecule has 5 nitrogen and oxygen atoms in total. The highest BCUT2D eigenvalue weighted by molar-refractivity contribution is 5.79. The Kier molecular flexibility index (Phi) is 1.78. The summed E-state index contributed by atoms with van der Waals surface area (Å²) in [5.74, 6) is 0. The summed E-state index contributed by atoms with van der Waals surface area (Å²) in [6, 6.07) is 6.23. The summed E-state index contributed by atoms with van der Waals surface area (Å²) < 4.78 is 0. The van der Waals surface area contributed by atoms with Gasteiger partial charge in [-0.25, -0.2) is 4.79 Å². The molecular formula is C9H6N2O3. The van der Waals surface area contributed by atoms with Gasteiger partial charge in [-0.2, -0.15) is 0 Å². The maximum Gasteiger partial charge on any atom is 0.328 e. The van der Waals surface area contributed by atoms with Crippen molar-refractivity contribution < 1.29 is 0 Å². The number of rotatable bonds is 0. The number of aromatic nitrogens is 2. The van der Waals surface area contributed by atoms with Gasteiger partial charge in [-0.3, -0.25) is 19.6 Å². The van der Waals surface area contributed by atoms with Gasteiger partial charge in [-0.15, -0.1) is 0 Å². The zero-order valence-corrected chi connectivity index (χ0v) is 7.03. The number of hydrogen-bond donors (Lipinski definition) is 2. The Bertz CT molecular complexity index is 599. The lowest BCUT2D eigenvalue weighted by Crippen LogP contribution is -2.19. The van der Waals surface area contributed by atoms with Crippen molar-refractivity contribution >= 4 is 10.8 Å². The molecule has 0 atom stereocenters. The number of hydrogen-bond acceptors (Lipinski definition) is 3. The van der Waals surface area contributed by atoms with Crippen LogP contribution in [0.25, 0.3) is 10.8 Å². The Morgan fingerprint density at radius 2 is 1.21 bits per heavy atom. The van der Waals surface area contributed by atoms with Crippen molar-refractivity contribution in [2.75, 3.05) is 0 Å². The van der Waals surface area contributed by atoms with E-state index in [0.717, 1.165) is 0 Å². The Labute approximate surface area is 77.0 Å². The van der Waals surface area contributed by atoms with Gasteiger partial charge in [0.05, 0.1) is 10.8 Å². The predicted octanol–water partition coefficient (Wildman–Crippen LogP) is -0.423. The van der Waals surface area contributed by atoms with Crippen molar-refractivity contribution in [2.24, 2.45) is 0 Å². The monoisotopic (exact) mass is 190 g/mol. The van der Waals surface area contributed by atoms with E-state index in [4.69, 9.17) is 0 Å². The Hall–Kier alpha value is -2.17. The van der Waals surface area contributed by atoms with E-state index in [1.54, 1.807) is 12.1 Å². The maximum atomic E-state index is 11.3. The molecule has 0 aliphatic rings. The molecule has 5 heteroatoms. The summed E-state index contributed by atoms with van der Waals surface area (Å²) in [5, 5.41) is 0.409. The fourth-order valence-electron chi connectivity index (χ4n) is 1.25. The molecule has 14 heavy (non-hydrogen) atoms. The summed E-state index contributed by atoms with van der Waals surface area (Å²) in [4.78, 5) is 37.6. The third-order valence-corrected chi connectivity index (χ3v) is 1.87. The van der Waals surface area contributed by atoms with Crippen LogP contribution < -0.4 is 16.8 Å². The summed E-state index contributed by atoms with van der Waals surface area (Å²) in [6.07, 6.45) is 0. The molecule has 0 amide bonds. The first kappa shape index (κ1) is 8.43. The van der Waals surface area contributed by atoms with E-state index in [2.05, 4.69) is 0 Å². The first-order valence-electron chi connectivity index (χ1n) is 3.94. The van der Waals surface area contributed by atoms with Crippen LogP contribution in [0.5, 0.6) is 0 Å². The third kappa shape index (κ3) is 1.24. The van der Waals surface area contributed by atoms with Gasteiger partial charge in [0.25, 0.3) is 11.1 Å². The zero-order chi connectivity index (χ0) is 10.1. The fraction of sp³-hybridized carbons (Fsp3) is 0. The van der Waals surface area contributed by atoms with E-state index in [-0.39, 0.29) is 10.8 Å². The molecule has 2 N–H and O–H groups in total. The zero-order valence-electron chi connectivity index (χ0n) is 7.03. The van der Waals surface area contributed by atoms with Gasteiger partial charge in [0.15, 0.2) is 0 Å². The van der Waals surface area contributed by atoms with Gasteiger partial charge in [0, 0.05) is 0 Å². The first-order chi connectivity index (χ1) is 6.68. The van der Waals surface area contributed by atoms with E-state index >= 15 is 0 Å². The summed E-state index contributed by atoms with van der Waals surface area (Å²) in [7, 11) is 0. The van der Waals surface area contributed by atoms with Crippen LogP contribution in [0.2, 0.25) is 0 Å². The van der Waals surface area contributed by atoms with Crippen molar-refractivity contribution in [1.29, 1.82) is 0 Å². The van der Waals surface area contributed by atoms with Crippen LogP contribution >= 0.6 is 0 Å². The van der Waals surface area contributed by atoms with Crippen molar-refractivity contribution in [2.45, 2.75) is 0 Å². The molecular weight excluding hydrogens is 184 g/mol. The van der Waals surface area contributed by atoms with Crippen LogP contribution in [0.15, 0.2) is 38.6 Å². The molecule has 0 saturated heterocycles. The fourth-order valence-corrected chi connectivity index (χ4v) is 1.25. The molecule has 0 spiro atoms. The molecule has 0 aliphatic heterocycles. The molecule has 0 radical (unpaired) electrons. The van der Waals surface area contributed by atoms with Crippen molar-refractivity contribution in [3.8, 4) is 0 Å². The molecule has 70 valence electrons. The summed E-state index contributed by atoms with van der Waals surface area (Å²) in [6.45, 7) is 0. The average Bonchev–Trinajstić information content (AvgIpc) is 2.26. The van der Waals surface area contributed by atoms with Crippen LogP contribution in [0, 0.1) is 0 Å². The van der Waals surface area contributed by atoms with Gasteiger partial charge < -0.3 is 0 Å². The predicted molar refractivity (Wildman–Crippen MR) is 51.5 cm³/mol. The molecule has 2 rings (SSSR count). The van der Waals surface area contributed by atoms with Crippen LogP contribution in [-0.4, -0.2) is 9.97 Å². The van der Waals surface area contributed by atoms with Crippen molar-refractivity contribution in [3.05, 3.63) is 55.5 Å². The lowest BCUT2D eigenvalue weighted by atomic mass is 10.2. The van der Waals surface area contributed by atoms with Crippen molar-refractivity contribution in [1.82, 2.24) is 9.97 Å². The lowest BCUT2D eigenvalue weighted by Gasteiger charge is -1.85. The number of benzene rings is 1. The second-order valence-electron chi connectivity index (χ2n) is 2.78. The van der Waals surface area contributed by atoms with Crippen LogP contribution in [-0.2, 0) is 0 Å². The Morgan fingerprint density at radius 3 is 1.64 bits per heavy atom. The number of fused-ring (bicyclic) bond motifs is 1. The topological polar surface area (TPSA) is 82.8 Å². The first-order valence-corrected chi connectivity index (χ1v) is 3.94. The van der Waals surface area contributed by atoms with E-state index in [1.165, 1.54) is 12.1 Å².